The second-order valence-electron chi connectivity index (χ2n) is 4.63. The zero-order valence-electron chi connectivity index (χ0n) is 12.8. The second kappa shape index (κ2) is 8.26. The van der Waals surface area contributed by atoms with Gasteiger partial charge in [0.05, 0.1) is 13.2 Å². The maximum Gasteiger partial charge on any atom is 0.356 e. The fourth-order valence-electron chi connectivity index (χ4n) is 1.98. The summed E-state index contributed by atoms with van der Waals surface area (Å²) in [5.41, 5.74) is 6.72. The van der Waals surface area contributed by atoms with Crippen LogP contribution in [0.1, 0.15) is 12.5 Å². The summed E-state index contributed by atoms with van der Waals surface area (Å²) in [6, 6.07) is 8.15. The van der Waals surface area contributed by atoms with E-state index in [1.807, 2.05) is 30.3 Å². The Balaban J connectivity index is 2.93. The number of esters is 1. The number of hydrogen-bond acceptors (Lipinski definition) is 6. The molecule has 0 radical (unpaired) electrons. The highest BCUT2D eigenvalue weighted by atomic mass is 16.6. The average molecular weight is 308 g/mol. The second-order valence-corrected chi connectivity index (χ2v) is 4.63. The van der Waals surface area contributed by atoms with Gasteiger partial charge in [0.2, 0.25) is 18.0 Å². The van der Waals surface area contributed by atoms with Gasteiger partial charge < -0.3 is 15.2 Å². The molecule has 2 atom stereocenters. The molecule has 7 heteroatoms. The monoisotopic (exact) mass is 308 g/mol. The number of benzene rings is 1. The van der Waals surface area contributed by atoms with E-state index < -0.39 is 30.1 Å². The Hall–Kier alpha value is -2.25. The molecule has 0 saturated carbocycles. The molecule has 120 valence electrons. The third kappa shape index (κ3) is 4.37. The van der Waals surface area contributed by atoms with Crippen molar-refractivity contribution in [3.8, 4) is 0 Å². The fraction of sp³-hybridized carbons (Fsp3) is 0.400. The topological polar surface area (TPSA) is 98.9 Å². The summed E-state index contributed by atoms with van der Waals surface area (Å²) in [6.07, 6.45) is -1.21. The van der Waals surface area contributed by atoms with Crippen LogP contribution in [0.5, 0.6) is 0 Å². The molecule has 0 aliphatic heterocycles. The average Bonchev–Trinajstić information content (AvgIpc) is 2.51. The van der Waals surface area contributed by atoms with Gasteiger partial charge in [0.15, 0.2) is 0 Å². The van der Waals surface area contributed by atoms with E-state index >= 15 is 0 Å². The Kier molecular flexibility index (Phi) is 6.68. The summed E-state index contributed by atoms with van der Waals surface area (Å²) < 4.78 is 9.43. The maximum atomic E-state index is 12.4. The van der Waals surface area contributed by atoms with Crippen molar-refractivity contribution in [2.24, 2.45) is 5.73 Å². The van der Waals surface area contributed by atoms with E-state index in [1.165, 1.54) is 7.11 Å². The summed E-state index contributed by atoms with van der Waals surface area (Å²) in [6.45, 7) is 1.15. The normalized spacial score (nSPS) is 13.1. The first kappa shape index (κ1) is 17.8. The summed E-state index contributed by atoms with van der Waals surface area (Å²) >= 11 is 0. The minimum Gasteiger partial charge on any atom is -0.466 e. The van der Waals surface area contributed by atoms with Gasteiger partial charge in [0.1, 0.15) is 0 Å². The van der Waals surface area contributed by atoms with Crippen LogP contribution in [0.3, 0.4) is 0 Å². The molecule has 0 bridgehead atoms. The number of methoxy groups -OCH3 is 2. The molecule has 22 heavy (non-hydrogen) atoms. The summed E-state index contributed by atoms with van der Waals surface area (Å²) in [5, 5.41) is 0. The lowest BCUT2D eigenvalue weighted by molar-refractivity contribution is -0.176. The lowest BCUT2D eigenvalue weighted by atomic mass is 10.1. The molecule has 0 aliphatic carbocycles. The third-order valence-electron chi connectivity index (χ3n) is 3.05. The van der Waals surface area contributed by atoms with Crippen molar-refractivity contribution < 1.29 is 23.9 Å². The van der Waals surface area contributed by atoms with Gasteiger partial charge in [-0.3, -0.25) is 9.59 Å². The van der Waals surface area contributed by atoms with E-state index in [9.17, 15) is 14.4 Å². The first-order valence-corrected chi connectivity index (χ1v) is 6.66. The van der Waals surface area contributed by atoms with Crippen LogP contribution in [0.2, 0.25) is 0 Å². The zero-order chi connectivity index (χ0) is 16.7. The van der Waals surface area contributed by atoms with Crippen molar-refractivity contribution >= 4 is 17.8 Å². The molecule has 1 unspecified atom stereocenters. The molecule has 1 aromatic carbocycles. The molecule has 0 aromatic heterocycles. The van der Waals surface area contributed by atoms with Crippen molar-refractivity contribution in [1.82, 2.24) is 4.90 Å². The van der Waals surface area contributed by atoms with Crippen LogP contribution in [0.15, 0.2) is 30.3 Å². The molecule has 0 aliphatic rings. The molecule has 2 N–H and O–H groups in total. The molecular weight excluding hydrogens is 288 g/mol. The Bertz CT molecular complexity index is 532. The van der Waals surface area contributed by atoms with Crippen LogP contribution in [-0.2, 0) is 30.3 Å². The zero-order valence-corrected chi connectivity index (χ0v) is 12.8. The minimum atomic E-state index is -1.45. The van der Waals surface area contributed by atoms with E-state index in [-0.39, 0.29) is 6.42 Å². The number of hydrogen-bond donors (Lipinski definition) is 1. The number of carbonyl (C=O) groups is 3. The van der Waals surface area contributed by atoms with Crippen LogP contribution in [0.4, 0.5) is 0 Å². The van der Waals surface area contributed by atoms with E-state index in [1.54, 1.807) is 0 Å². The molecule has 1 aromatic rings. The molecular formula is C15H20N2O5. The van der Waals surface area contributed by atoms with Crippen LogP contribution < -0.4 is 5.73 Å². The smallest absolute Gasteiger partial charge is 0.356 e. The SMILES string of the molecule is COC(=O)C(OC)N(C(C)=O)C(=O)[C@@H](N)Cc1ccccc1. The van der Waals surface area contributed by atoms with Crippen molar-refractivity contribution in [3.05, 3.63) is 35.9 Å². The van der Waals surface area contributed by atoms with Gasteiger partial charge in [-0.1, -0.05) is 30.3 Å². The van der Waals surface area contributed by atoms with Crippen molar-refractivity contribution in [2.75, 3.05) is 14.2 Å². The highest BCUT2D eigenvalue weighted by molar-refractivity contribution is 6.00. The van der Waals surface area contributed by atoms with Crippen LogP contribution in [0, 0.1) is 0 Å². The molecule has 0 saturated heterocycles. The molecule has 0 fully saturated rings. The predicted molar refractivity (Wildman–Crippen MR) is 78.5 cm³/mol. The standard InChI is InChI=1S/C15H20N2O5/c1-10(18)17(14(21-2)15(20)22-3)13(19)12(16)9-11-7-5-4-6-8-11/h4-8,12,14H,9,16H2,1-3H3/t12-,14?/m0/s1. The number of imide groups is 1. The van der Waals surface area contributed by atoms with Crippen molar-refractivity contribution in [3.63, 3.8) is 0 Å². The minimum absolute atomic E-state index is 0.237. The summed E-state index contributed by atoms with van der Waals surface area (Å²) in [4.78, 5) is 36.4. The molecule has 2 amide bonds. The van der Waals surface area contributed by atoms with E-state index in [0.29, 0.717) is 4.90 Å². The van der Waals surface area contributed by atoms with E-state index in [0.717, 1.165) is 19.6 Å². The van der Waals surface area contributed by atoms with Gasteiger partial charge in [-0.25, -0.2) is 9.69 Å². The lowest BCUT2D eigenvalue weighted by Crippen LogP contribution is -2.55. The van der Waals surface area contributed by atoms with Crippen molar-refractivity contribution in [2.45, 2.75) is 25.6 Å². The van der Waals surface area contributed by atoms with Gasteiger partial charge in [0, 0.05) is 14.0 Å². The first-order chi connectivity index (χ1) is 10.4. The fourth-order valence-corrected chi connectivity index (χ4v) is 1.98. The summed E-state index contributed by atoms with van der Waals surface area (Å²) in [5.74, 6) is -2.20. The molecule has 1 rings (SSSR count). The number of nitrogens with two attached hydrogens (primary N) is 1. The van der Waals surface area contributed by atoms with Crippen LogP contribution in [-0.4, -0.2) is 49.2 Å². The van der Waals surface area contributed by atoms with E-state index in [4.69, 9.17) is 10.5 Å². The number of amides is 2. The van der Waals surface area contributed by atoms with E-state index in [2.05, 4.69) is 4.74 Å². The number of carbonyl (C=O) groups excluding carboxylic acids is 3. The largest absolute Gasteiger partial charge is 0.466 e. The Morgan fingerprint density at radius 2 is 1.77 bits per heavy atom. The quantitative estimate of drug-likeness (QED) is 0.590. The number of nitrogens with zero attached hydrogens (tertiary/aromatic N) is 1. The van der Waals surface area contributed by atoms with Gasteiger partial charge >= 0.3 is 5.97 Å². The van der Waals surface area contributed by atoms with Gasteiger partial charge in [-0.2, -0.15) is 0 Å². The molecule has 0 heterocycles. The lowest BCUT2D eigenvalue weighted by Gasteiger charge is -2.28. The van der Waals surface area contributed by atoms with Crippen LogP contribution >= 0.6 is 0 Å². The Morgan fingerprint density at radius 3 is 2.23 bits per heavy atom. The molecule has 7 nitrogen and oxygen atoms in total. The third-order valence-corrected chi connectivity index (χ3v) is 3.05. The number of rotatable bonds is 6. The van der Waals surface area contributed by atoms with Crippen LogP contribution in [0.25, 0.3) is 0 Å². The Morgan fingerprint density at radius 1 is 1.18 bits per heavy atom. The highest BCUT2D eigenvalue weighted by Gasteiger charge is 2.36. The van der Waals surface area contributed by atoms with Gasteiger partial charge in [0.25, 0.3) is 0 Å². The Labute approximate surface area is 129 Å². The van der Waals surface area contributed by atoms with Gasteiger partial charge in [-0.05, 0) is 12.0 Å². The number of ether oxygens (including phenoxy) is 2. The molecule has 0 spiro atoms. The highest BCUT2D eigenvalue weighted by Crippen LogP contribution is 2.09. The van der Waals surface area contributed by atoms with Gasteiger partial charge in [-0.15, -0.1) is 0 Å². The van der Waals surface area contributed by atoms with Crippen molar-refractivity contribution in [1.29, 1.82) is 0 Å². The summed E-state index contributed by atoms with van der Waals surface area (Å²) in [7, 11) is 2.34. The first-order valence-electron chi connectivity index (χ1n) is 6.66. The maximum absolute atomic E-state index is 12.4. The predicted octanol–water partition coefficient (Wildman–Crippen LogP) is 0.0770.